The van der Waals surface area contributed by atoms with Crippen LogP contribution in [0.5, 0.6) is 11.8 Å². The Morgan fingerprint density at radius 2 is 1.76 bits per heavy atom. The van der Waals surface area contributed by atoms with E-state index in [1.165, 1.54) is 6.33 Å². The van der Waals surface area contributed by atoms with Crippen molar-refractivity contribution >= 4 is 11.6 Å². The minimum atomic E-state index is 0.0771. The van der Waals surface area contributed by atoms with Gasteiger partial charge in [-0.3, -0.25) is 0 Å². The fourth-order valence-electron chi connectivity index (χ4n) is 2.08. The maximum Gasteiger partial charge on any atom is 0.224 e. The molecule has 6 heteroatoms. The first-order chi connectivity index (χ1) is 10.2. The van der Waals surface area contributed by atoms with E-state index < -0.39 is 0 Å². The average molecular weight is 308 g/mol. The van der Waals surface area contributed by atoms with Crippen molar-refractivity contribution in [1.82, 2.24) is 15.3 Å². The van der Waals surface area contributed by atoms with Crippen molar-refractivity contribution in [2.75, 3.05) is 14.2 Å². The van der Waals surface area contributed by atoms with E-state index in [-0.39, 0.29) is 6.04 Å². The van der Waals surface area contributed by atoms with Crippen LogP contribution in [0, 0.1) is 0 Å². The highest BCUT2D eigenvalue weighted by Crippen LogP contribution is 2.26. The number of methoxy groups -OCH3 is 2. The molecule has 0 spiro atoms. The van der Waals surface area contributed by atoms with Gasteiger partial charge >= 0.3 is 0 Å². The molecule has 0 fully saturated rings. The number of aromatic nitrogens is 2. The zero-order chi connectivity index (χ0) is 15.2. The summed E-state index contributed by atoms with van der Waals surface area (Å²) in [6, 6.07) is 7.83. The molecule has 21 heavy (non-hydrogen) atoms. The van der Waals surface area contributed by atoms with Gasteiger partial charge < -0.3 is 14.8 Å². The number of hydrogen-bond acceptors (Lipinski definition) is 5. The van der Waals surface area contributed by atoms with Gasteiger partial charge in [0.2, 0.25) is 11.8 Å². The fourth-order valence-corrected chi connectivity index (χ4v) is 2.37. The number of benzene rings is 1. The average Bonchev–Trinajstić information content (AvgIpc) is 2.52. The molecule has 1 atom stereocenters. The Morgan fingerprint density at radius 1 is 1.14 bits per heavy atom. The van der Waals surface area contributed by atoms with E-state index in [4.69, 9.17) is 21.1 Å². The van der Waals surface area contributed by atoms with Crippen LogP contribution in [-0.4, -0.2) is 24.2 Å². The van der Waals surface area contributed by atoms with Gasteiger partial charge in [0.1, 0.15) is 6.33 Å². The van der Waals surface area contributed by atoms with Gasteiger partial charge in [-0.1, -0.05) is 29.8 Å². The van der Waals surface area contributed by atoms with Crippen LogP contribution in [0.25, 0.3) is 0 Å². The minimum Gasteiger partial charge on any atom is -0.481 e. The lowest BCUT2D eigenvalue weighted by molar-refractivity contribution is 0.357. The van der Waals surface area contributed by atoms with Crippen molar-refractivity contribution in [3.05, 3.63) is 46.7 Å². The zero-order valence-electron chi connectivity index (χ0n) is 12.3. The molecule has 1 N–H and O–H groups in total. The normalized spacial score (nSPS) is 12.0. The maximum absolute atomic E-state index is 6.20. The SMILES string of the molecule is COc1ncnc(OC)c1CNC(C)c1ccccc1Cl. The van der Waals surface area contributed by atoms with E-state index in [2.05, 4.69) is 15.3 Å². The van der Waals surface area contributed by atoms with Gasteiger partial charge in [-0.15, -0.1) is 0 Å². The Morgan fingerprint density at radius 3 is 2.33 bits per heavy atom. The Bertz CT molecular complexity index is 585. The molecule has 1 unspecified atom stereocenters. The van der Waals surface area contributed by atoms with E-state index in [0.717, 1.165) is 16.1 Å². The van der Waals surface area contributed by atoms with E-state index >= 15 is 0 Å². The van der Waals surface area contributed by atoms with Crippen LogP contribution in [0.1, 0.15) is 24.1 Å². The topological polar surface area (TPSA) is 56.3 Å². The summed E-state index contributed by atoms with van der Waals surface area (Å²) in [6.45, 7) is 2.56. The van der Waals surface area contributed by atoms with Gasteiger partial charge in [0, 0.05) is 17.6 Å². The molecule has 2 aromatic rings. The van der Waals surface area contributed by atoms with E-state index in [1.807, 2.05) is 31.2 Å². The molecule has 0 bridgehead atoms. The van der Waals surface area contributed by atoms with Crippen LogP contribution in [0.4, 0.5) is 0 Å². The van der Waals surface area contributed by atoms with Crippen molar-refractivity contribution in [2.45, 2.75) is 19.5 Å². The second-order valence-electron chi connectivity index (χ2n) is 4.49. The number of ether oxygens (including phenoxy) is 2. The van der Waals surface area contributed by atoms with Gasteiger partial charge in [0.05, 0.1) is 19.8 Å². The van der Waals surface area contributed by atoms with Crippen molar-refractivity contribution in [1.29, 1.82) is 0 Å². The standard InChI is InChI=1S/C15H18ClN3O2/c1-10(11-6-4-5-7-13(11)16)17-8-12-14(20-2)18-9-19-15(12)21-3/h4-7,9-10,17H,8H2,1-3H3. The summed E-state index contributed by atoms with van der Waals surface area (Å²) in [5.41, 5.74) is 1.82. The summed E-state index contributed by atoms with van der Waals surface area (Å²) in [7, 11) is 3.14. The molecule has 112 valence electrons. The van der Waals surface area contributed by atoms with E-state index in [9.17, 15) is 0 Å². The molecule has 2 rings (SSSR count). The number of rotatable bonds is 6. The lowest BCUT2D eigenvalue weighted by atomic mass is 10.1. The molecule has 0 aliphatic carbocycles. The van der Waals surface area contributed by atoms with Crippen molar-refractivity contribution in [2.24, 2.45) is 0 Å². The largest absolute Gasteiger partial charge is 0.481 e. The minimum absolute atomic E-state index is 0.0771. The third-order valence-electron chi connectivity index (χ3n) is 3.21. The highest BCUT2D eigenvalue weighted by molar-refractivity contribution is 6.31. The lowest BCUT2D eigenvalue weighted by Crippen LogP contribution is -2.19. The number of hydrogen-bond donors (Lipinski definition) is 1. The highest BCUT2D eigenvalue weighted by atomic mass is 35.5. The zero-order valence-corrected chi connectivity index (χ0v) is 13.0. The van der Waals surface area contributed by atoms with Crippen LogP contribution in [0.2, 0.25) is 5.02 Å². The summed E-state index contributed by atoms with van der Waals surface area (Å²) < 4.78 is 10.5. The Hall–Kier alpha value is -1.85. The second-order valence-corrected chi connectivity index (χ2v) is 4.90. The fraction of sp³-hybridized carbons (Fsp3) is 0.333. The van der Waals surface area contributed by atoms with Crippen LogP contribution in [0.3, 0.4) is 0 Å². The molecule has 0 saturated carbocycles. The first kappa shape index (κ1) is 15.5. The van der Waals surface area contributed by atoms with E-state index in [0.29, 0.717) is 18.3 Å². The highest BCUT2D eigenvalue weighted by Gasteiger charge is 2.15. The first-order valence-corrected chi connectivity index (χ1v) is 6.94. The lowest BCUT2D eigenvalue weighted by Gasteiger charge is -2.17. The van der Waals surface area contributed by atoms with Crippen molar-refractivity contribution in [3.63, 3.8) is 0 Å². The van der Waals surface area contributed by atoms with Gasteiger partial charge in [0.25, 0.3) is 0 Å². The Balaban J connectivity index is 2.15. The molecular formula is C15H18ClN3O2. The molecule has 0 saturated heterocycles. The summed E-state index contributed by atoms with van der Waals surface area (Å²) in [5, 5.41) is 4.12. The molecule has 1 aromatic heterocycles. The van der Waals surface area contributed by atoms with Gasteiger partial charge in [-0.05, 0) is 18.6 Å². The quantitative estimate of drug-likeness (QED) is 0.889. The van der Waals surface area contributed by atoms with E-state index in [1.54, 1.807) is 14.2 Å². The molecular weight excluding hydrogens is 290 g/mol. The summed E-state index contributed by atoms with van der Waals surface area (Å²) >= 11 is 6.20. The molecule has 0 radical (unpaired) electrons. The van der Waals surface area contributed by atoms with Crippen LogP contribution in [-0.2, 0) is 6.54 Å². The van der Waals surface area contributed by atoms with Crippen LogP contribution < -0.4 is 14.8 Å². The molecule has 0 aliphatic rings. The van der Waals surface area contributed by atoms with Gasteiger partial charge in [-0.2, -0.15) is 0 Å². The first-order valence-electron chi connectivity index (χ1n) is 6.57. The predicted octanol–water partition coefficient (Wildman–Crippen LogP) is 3.00. The third-order valence-corrected chi connectivity index (χ3v) is 3.55. The Labute approximate surface area is 129 Å². The molecule has 0 aliphatic heterocycles. The summed E-state index contributed by atoms with van der Waals surface area (Å²) in [4.78, 5) is 8.19. The molecule has 0 amide bonds. The number of nitrogens with zero attached hydrogens (tertiary/aromatic N) is 2. The number of nitrogens with one attached hydrogen (secondary N) is 1. The molecule has 5 nitrogen and oxygen atoms in total. The Kier molecular flexibility index (Phi) is 5.36. The third kappa shape index (κ3) is 3.62. The van der Waals surface area contributed by atoms with Crippen LogP contribution in [0.15, 0.2) is 30.6 Å². The van der Waals surface area contributed by atoms with Gasteiger partial charge in [0.15, 0.2) is 0 Å². The molecule has 1 aromatic carbocycles. The monoisotopic (exact) mass is 307 g/mol. The summed E-state index contributed by atoms with van der Waals surface area (Å²) in [6.07, 6.45) is 1.42. The second kappa shape index (κ2) is 7.24. The number of halogens is 1. The van der Waals surface area contributed by atoms with Crippen LogP contribution >= 0.6 is 11.6 Å². The smallest absolute Gasteiger partial charge is 0.224 e. The van der Waals surface area contributed by atoms with Gasteiger partial charge in [-0.25, -0.2) is 9.97 Å². The predicted molar refractivity (Wildman–Crippen MR) is 81.8 cm³/mol. The maximum atomic E-state index is 6.20. The van der Waals surface area contributed by atoms with Crippen molar-refractivity contribution < 1.29 is 9.47 Å². The molecule has 1 heterocycles. The summed E-state index contributed by atoms with van der Waals surface area (Å²) in [5.74, 6) is 1.00. The van der Waals surface area contributed by atoms with Crippen molar-refractivity contribution in [3.8, 4) is 11.8 Å².